The number of Topliss-reactive ketones (excluding diaryl/α,β-unsaturated/α-hetero) is 1. The second kappa shape index (κ2) is 6.79. The zero-order valence-corrected chi connectivity index (χ0v) is 16.9. The van der Waals surface area contributed by atoms with Crippen molar-refractivity contribution in [2.75, 3.05) is 20.3 Å². The summed E-state index contributed by atoms with van der Waals surface area (Å²) in [6, 6.07) is 6.76. The highest BCUT2D eigenvalue weighted by atomic mass is 16.6. The Morgan fingerprint density at radius 3 is 2.57 bits per heavy atom. The molecule has 3 aromatic rings. The molecule has 0 N–H and O–H groups in total. The lowest BCUT2D eigenvalue weighted by Crippen LogP contribution is -2.23. The fraction of sp³-hybridized carbons (Fsp3) is 0.304. The van der Waals surface area contributed by atoms with E-state index in [1.165, 1.54) is 6.07 Å². The van der Waals surface area contributed by atoms with Crippen LogP contribution in [0.5, 0.6) is 23.0 Å². The van der Waals surface area contributed by atoms with E-state index in [0.29, 0.717) is 58.3 Å². The number of hydrogen-bond acceptors (Lipinski definition) is 7. The number of ether oxygens (including phenoxy) is 4. The number of hydrogen-bond donors (Lipinski definition) is 0. The monoisotopic (exact) mass is 408 g/mol. The number of methoxy groups -OCH3 is 1. The van der Waals surface area contributed by atoms with Crippen LogP contribution in [0.25, 0.3) is 11.0 Å². The molecule has 3 heterocycles. The average Bonchev–Trinajstić information content (AvgIpc) is 2.71. The number of rotatable bonds is 2. The zero-order chi connectivity index (χ0) is 21.0. The molecule has 0 unspecified atom stereocenters. The molecule has 7 nitrogen and oxygen atoms in total. The van der Waals surface area contributed by atoms with Crippen LogP contribution in [0.4, 0.5) is 0 Å². The Hall–Kier alpha value is -3.48. The second-order valence-corrected chi connectivity index (χ2v) is 7.50. The maximum absolute atomic E-state index is 13.1. The molecule has 0 fully saturated rings. The number of benzene rings is 2. The molecule has 2 aliphatic rings. The largest absolute Gasteiger partial charge is 0.493 e. The molecule has 5 rings (SSSR count). The van der Waals surface area contributed by atoms with Crippen LogP contribution in [0.15, 0.2) is 33.5 Å². The van der Waals surface area contributed by atoms with Crippen molar-refractivity contribution in [2.24, 2.45) is 0 Å². The first-order valence-electron chi connectivity index (χ1n) is 9.71. The highest BCUT2D eigenvalue weighted by Gasteiger charge is 2.33. The Bertz CT molecular complexity index is 1240. The Morgan fingerprint density at radius 1 is 0.967 bits per heavy atom. The summed E-state index contributed by atoms with van der Waals surface area (Å²) >= 11 is 0. The topological polar surface area (TPSA) is 84.2 Å². The molecule has 30 heavy (non-hydrogen) atoms. The third-order valence-electron chi connectivity index (χ3n) is 5.51. The van der Waals surface area contributed by atoms with Gasteiger partial charge < -0.3 is 23.4 Å². The summed E-state index contributed by atoms with van der Waals surface area (Å²) in [5.74, 6) is 2.06. The van der Waals surface area contributed by atoms with Gasteiger partial charge in [-0.2, -0.15) is 0 Å². The van der Waals surface area contributed by atoms with Gasteiger partial charge in [-0.15, -0.1) is 0 Å². The van der Waals surface area contributed by atoms with Crippen molar-refractivity contribution in [3.8, 4) is 23.0 Å². The van der Waals surface area contributed by atoms with E-state index in [1.807, 2.05) is 13.0 Å². The molecular formula is C23H20O7. The quantitative estimate of drug-likeness (QED) is 0.595. The first kappa shape index (κ1) is 18.5. The lowest BCUT2D eigenvalue weighted by molar-refractivity contribution is 0.0850. The number of carbonyl (C=O) groups is 1. The zero-order valence-electron chi connectivity index (χ0n) is 16.9. The minimum atomic E-state index is -0.536. The van der Waals surface area contributed by atoms with Crippen LogP contribution in [0.3, 0.4) is 0 Å². The van der Waals surface area contributed by atoms with Crippen molar-refractivity contribution in [3.63, 3.8) is 0 Å². The van der Waals surface area contributed by atoms with Crippen LogP contribution >= 0.6 is 0 Å². The lowest BCUT2D eigenvalue weighted by atomic mass is 9.91. The van der Waals surface area contributed by atoms with Gasteiger partial charge in [0.25, 0.3) is 0 Å². The van der Waals surface area contributed by atoms with E-state index in [4.69, 9.17) is 23.4 Å². The SMILES string of the molecule is COc1cc([C@H]2CC(=O)c3c(C)cc4oc(=O)cc(C)c4c3O2)cc2c1OCCO2. The van der Waals surface area contributed by atoms with E-state index >= 15 is 0 Å². The van der Waals surface area contributed by atoms with E-state index in [9.17, 15) is 9.59 Å². The third-order valence-corrected chi connectivity index (χ3v) is 5.51. The maximum Gasteiger partial charge on any atom is 0.336 e. The summed E-state index contributed by atoms with van der Waals surface area (Å²) < 4.78 is 28.6. The van der Waals surface area contributed by atoms with E-state index in [-0.39, 0.29) is 12.2 Å². The van der Waals surface area contributed by atoms with Crippen LogP contribution in [0, 0.1) is 13.8 Å². The fourth-order valence-electron chi connectivity index (χ4n) is 4.18. The standard InChI is InChI=1S/C23H20O7/c1-11-6-16-21(12(2)7-19(25)29-16)23-20(11)14(24)10-15(30-23)13-8-17(26-3)22-18(9-13)27-4-5-28-22/h6-9,15H,4-5,10H2,1-3H3/t15-/m1/s1. The van der Waals surface area contributed by atoms with E-state index in [2.05, 4.69) is 0 Å². The van der Waals surface area contributed by atoms with Crippen LogP contribution in [-0.2, 0) is 0 Å². The van der Waals surface area contributed by atoms with E-state index in [0.717, 1.165) is 11.1 Å². The van der Waals surface area contributed by atoms with Gasteiger partial charge in [-0.05, 0) is 43.2 Å². The molecule has 7 heteroatoms. The molecule has 0 saturated carbocycles. The molecule has 0 spiro atoms. The molecule has 0 amide bonds. The molecule has 2 aliphatic heterocycles. The van der Waals surface area contributed by atoms with Gasteiger partial charge >= 0.3 is 5.63 Å². The fourth-order valence-corrected chi connectivity index (χ4v) is 4.18. The minimum Gasteiger partial charge on any atom is -0.493 e. The Labute approximate surface area is 172 Å². The van der Waals surface area contributed by atoms with Gasteiger partial charge in [0.1, 0.15) is 30.7 Å². The smallest absolute Gasteiger partial charge is 0.336 e. The molecular weight excluding hydrogens is 388 g/mol. The van der Waals surface area contributed by atoms with Crippen LogP contribution in [-0.4, -0.2) is 26.1 Å². The summed E-state index contributed by atoms with van der Waals surface area (Å²) in [6.45, 7) is 4.51. The summed E-state index contributed by atoms with van der Waals surface area (Å²) in [7, 11) is 1.56. The van der Waals surface area contributed by atoms with Gasteiger partial charge in [-0.1, -0.05) is 0 Å². The van der Waals surface area contributed by atoms with E-state index < -0.39 is 11.7 Å². The summed E-state index contributed by atoms with van der Waals surface area (Å²) in [5, 5.41) is 0.637. The van der Waals surface area contributed by atoms with Gasteiger partial charge in [0, 0.05) is 11.6 Å². The van der Waals surface area contributed by atoms with Crippen molar-refractivity contribution in [1.82, 2.24) is 0 Å². The van der Waals surface area contributed by atoms with E-state index in [1.54, 1.807) is 26.2 Å². The Balaban J connectivity index is 1.67. The van der Waals surface area contributed by atoms with Gasteiger partial charge in [0.05, 0.1) is 24.5 Å². The van der Waals surface area contributed by atoms with Crippen molar-refractivity contribution in [2.45, 2.75) is 26.4 Å². The number of carbonyl (C=O) groups excluding carboxylic acids is 1. The van der Waals surface area contributed by atoms with Gasteiger partial charge in [0.2, 0.25) is 5.75 Å². The van der Waals surface area contributed by atoms with Crippen molar-refractivity contribution < 1.29 is 28.2 Å². The predicted octanol–water partition coefficient (Wildman–Crippen LogP) is 3.90. The highest BCUT2D eigenvalue weighted by molar-refractivity contribution is 6.07. The lowest BCUT2D eigenvalue weighted by Gasteiger charge is -2.29. The third kappa shape index (κ3) is 2.81. The first-order valence-corrected chi connectivity index (χ1v) is 9.71. The van der Waals surface area contributed by atoms with Crippen LogP contribution in [0.2, 0.25) is 0 Å². The number of fused-ring (bicyclic) bond motifs is 4. The molecule has 2 aromatic carbocycles. The number of aryl methyl sites for hydroxylation is 2. The first-order chi connectivity index (χ1) is 14.5. The van der Waals surface area contributed by atoms with Gasteiger partial charge in [-0.25, -0.2) is 4.79 Å². The normalized spacial score (nSPS) is 17.4. The van der Waals surface area contributed by atoms with Gasteiger partial charge in [-0.3, -0.25) is 4.79 Å². The minimum absolute atomic E-state index is 0.0277. The summed E-state index contributed by atoms with van der Waals surface area (Å²) in [5.41, 5.74) is 2.67. The van der Waals surface area contributed by atoms with Crippen molar-refractivity contribution in [3.05, 3.63) is 56.9 Å². The maximum atomic E-state index is 13.1. The summed E-state index contributed by atoms with van der Waals surface area (Å²) in [4.78, 5) is 24.9. The molecule has 1 aromatic heterocycles. The summed E-state index contributed by atoms with van der Waals surface area (Å²) in [6.07, 6.45) is -0.358. The molecule has 0 bridgehead atoms. The average molecular weight is 408 g/mol. The highest BCUT2D eigenvalue weighted by Crippen LogP contribution is 2.46. The van der Waals surface area contributed by atoms with Crippen molar-refractivity contribution >= 4 is 16.8 Å². The number of ketones is 1. The second-order valence-electron chi connectivity index (χ2n) is 7.50. The van der Waals surface area contributed by atoms with Gasteiger partial charge in [0.15, 0.2) is 17.3 Å². The molecule has 0 radical (unpaired) electrons. The Kier molecular flexibility index (Phi) is 4.20. The molecule has 0 aliphatic carbocycles. The van der Waals surface area contributed by atoms with Crippen molar-refractivity contribution in [1.29, 1.82) is 0 Å². The predicted molar refractivity (Wildman–Crippen MR) is 108 cm³/mol. The molecule has 154 valence electrons. The molecule has 1 atom stereocenters. The molecule has 0 saturated heterocycles. The Morgan fingerprint density at radius 2 is 1.77 bits per heavy atom. The van der Waals surface area contributed by atoms with Crippen LogP contribution in [0.1, 0.15) is 39.6 Å². The van der Waals surface area contributed by atoms with Crippen LogP contribution < -0.4 is 24.6 Å².